The van der Waals surface area contributed by atoms with Crippen LogP contribution in [0.1, 0.15) is 52.4 Å². The Morgan fingerprint density at radius 3 is 2.89 bits per heavy atom. The first-order chi connectivity index (χ1) is 8.41. The maximum Gasteiger partial charge on any atom is 0.229 e. The minimum Gasteiger partial charge on any atom is -0.360 e. The highest BCUT2D eigenvalue weighted by atomic mass is 17.2. The third kappa shape index (κ3) is 1.83. The lowest BCUT2D eigenvalue weighted by Gasteiger charge is -2.46. The fourth-order valence-corrected chi connectivity index (χ4v) is 3.55. The second-order valence-corrected chi connectivity index (χ2v) is 6.54. The van der Waals surface area contributed by atoms with Gasteiger partial charge in [0.05, 0.1) is 5.57 Å². The Hall–Kier alpha value is -0.710. The summed E-state index contributed by atoms with van der Waals surface area (Å²) in [6.45, 7) is 3.95. The first-order valence-electron chi connectivity index (χ1n) is 6.75. The van der Waals surface area contributed by atoms with Crippen LogP contribution in [0.4, 0.5) is 0 Å². The van der Waals surface area contributed by atoms with Gasteiger partial charge < -0.3 is 5.11 Å². The van der Waals surface area contributed by atoms with Crippen molar-refractivity contribution in [2.75, 3.05) is 0 Å². The van der Waals surface area contributed by atoms with Gasteiger partial charge in [-0.1, -0.05) is 20.3 Å². The van der Waals surface area contributed by atoms with Gasteiger partial charge in [0.15, 0.2) is 5.78 Å². The van der Waals surface area contributed by atoms with Gasteiger partial charge in [0, 0.05) is 12.8 Å². The Labute approximate surface area is 107 Å². The van der Waals surface area contributed by atoms with Crippen molar-refractivity contribution in [3.63, 3.8) is 0 Å². The third-order valence-electron chi connectivity index (χ3n) is 4.20. The third-order valence-corrected chi connectivity index (χ3v) is 4.20. The standard InChI is InChI=1S/C14H20O4/c1-13(2)7-10(15)12-9-5-3-4-6-11(9)17-18-14(12,16)8-13/h11,16H,3-8H2,1-2H3. The van der Waals surface area contributed by atoms with E-state index in [1.807, 2.05) is 13.8 Å². The van der Waals surface area contributed by atoms with Crippen LogP contribution in [-0.4, -0.2) is 22.8 Å². The predicted octanol–water partition coefficient (Wildman–Crippen LogP) is 2.27. The summed E-state index contributed by atoms with van der Waals surface area (Å²) >= 11 is 0. The molecule has 1 N–H and O–H groups in total. The summed E-state index contributed by atoms with van der Waals surface area (Å²) in [5, 5.41) is 10.6. The van der Waals surface area contributed by atoms with Crippen molar-refractivity contribution in [2.24, 2.45) is 5.41 Å². The highest BCUT2D eigenvalue weighted by molar-refractivity contribution is 5.99. The van der Waals surface area contributed by atoms with Crippen molar-refractivity contribution in [1.29, 1.82) is 0 Å². The molecule has 0 saturated heterocycles. The minimum absolute atomic E-state index is 0.0268. The molecule has 3 aliphatic rings. The van der Waals surface area contributed by atoms with Crippen molar-refractivity contribution in [1.82, 2.24) is 0 Å². The molecule has 0 spiro atoms. The number of hydrogen-bond donors (Lipinski definition) is 1. The molecule has 1 aliphatic heterocycles. The molecule has 0 aromatic carbocycles. The van der Waals surface area contributed by atoms with Crippen molar-refractivity contribution in [3.05, 3.63) is 11.1 Å². The maximum absolute atomic E-state index is 12.4. The van der Waals surface area contributed by atoms with Gasteiger partial charge in [-0.15, -0.1) is 0 Å². The van der Waals surface area contributed by atoms with Gasteiger partial charge in [-0.2, -0.15) is 4.89 Å². The Morgan fingerprint density at radius 1 is 1.33 bits per heavy atom. The molecule has 18 heavy (non-hydrogen) atoms. The molecule has 2 saturated carbocycles. The lowest BCUT2D eigenvalue weighted by Crippen LogP contribution is -2.52. The van der Waals surface area contributed by atoms with Gasteiger partial charge in [0.2, 0.25) is 5.79 Å². The number of carbonyl (C=O) groups is 1. The zero-order valence-corrected chi connectivity index (χ0v) is 11.0. The molecule has 0 bridgehead atoms. The molecule has 4 nitrogen and oxygen atoms in total. The first-order valence-corrected chi connectivity index (χ1v) is 6.75. The Morgan fingerprint density at radius 2 is 2.11 bits per heavy atom. The number of ketones is 1. The lowest BCUT2D eigenvalue weighted by molar-refractivity contribution is -0.436. The first kappa shape index (κ1) is 12.3. The summed E-state index contributed by atoms with van der Waals surface area (Å²) < 4.78 is 0. The molecule has 2 unspecified atom stereocenters. The predicted molar refractivity (Wildman–Crippen MR) is 64.4 cm³/mol. The van der Waals surface area contributed by atoms with E-state index in [1.165, 1.54) is 0 Å². The molecule has 0 radical (unpaired) electrons. The summed E-state index contributed by atoms with van der Waals surface area (Å²) in [5.74, 6) is -1.50. The average Bonchev–Trinajstić information content (AvgIpc) is 2.25. The summed E-state index contributed by atoms with van der Waals surface area (Å²) in [6, 6.07) is 0. The monoisotopic (exact) mass is 252 g/mol. The fourth-order valence-electron chi connectivity index (χ4n) is 3.55. The van der Waals surface area contributed by atoms with Crippen molar-refractivity contribution >= 4 is 5.78 Å². The number of rotatable bonds is 0. The zero-order chi connectivity index (χ0) is 13.0. The number of fused-ring (bicyclic) bond motifs is 2. The van der Waals surface area contributed by atoms with Crippen LogP contribution < -0.4 is 0 Å². The number of aliphatic hydroxyl groups is 1. The van der Waals surface area contributed by atoms with Crippen molar-refractivity contribution in [2.45, 2.75) is 64.3 Å². The molecule has 2 fully saturated rings. The molecule has 2 atom stereocenters. The normalized spacial score (nSPS) is 39.3. The molecule has 1 heterocycles. The van der Waals surface area contributed by atoms with Crippen LogP contribution in [-0.2, 0) is 14.6 Å². The zero-order valence-electron chi connectivity index (χ0n) is 11.0. The largest absolute Gasteiger partial charge is 0.360 e. The van der Waals surface area contributed by atoms with Gasteiger partial charge in [-0.3, -0.25) is 4.79 Å². The number of hydrogen-bond acceptors (Lipinski definition) is 4. The van der Waals surface area contributed by atoms with E-state index in [2.05, 4.69) is 0 Å². The molecule has 4 heteroatoms. The number of carbonyl (C=O) groups excluding carboxylic acids is 1. The molecule has 3 rings (SSSR count). The average molecular weight is 252 g/mol. The highest BCUT2D eigenvalue weighted by Crippen LogP contribution is 2.48. The fraction of sp³-hybridized carbons (Fsp3) is 0.786. The Bertz CT molecular complexity index is 424. The van der Waals surface area contributed by atoms with E-state index in [0.717, 1.165) is 31.3 Å². The van der Waals surface area contributed by atoms with Gasteiger partial charge in [0.1, 0.15) is 6.10 Å². The second-order valence-electron chi connectivity index (χ2n) is 6.54. The summed E-state index contributed by atoms with van der Waals surface area (Å²) in [6.07, 6.45) is 4.64. The second kappa shape index (κ2) is 3.89. The van der Waals surface area contributed by atoms with Crippen LogP contribution in [0.3, 0.4) is 0 Å². The van der Waals surface area contributed by atoms with Crippen LogP contribution in [0.2, 0.25) is 0 Å². The summed E-state index contributed by atoms with van der Waals surface area (Å²) in [7, 11) is 0. The molecule has 2 aliphatic carbocycles. The van der Waals surface area contributed by atoms with E-state index in [4.69, 9.17) is 9.78 Å². The van der Waals surface area contributed by atoms with E-state index < -0.39 is 5.79 Å². The van der Waals surface area contributed by atoms with Gasteiger partial charge in [-0.25, -0.2) is 4.89 Å². The molecule has 0 amide bonds. The summed E-state index contributed by atoms with van der Waals surface area (Å²) in [4.78, 5) is 22.9. The molecular weight excluding hydrogens is 232 g/mol. The Balaban J connectivity index is 2.06. The quantitative estimate of drug-likeness (QED) is 0.672. The topological polar surface area (TPSA) is 55.8 Å². The van der Waals surface area contributed by atoms with E-state index in [0.29, 0.717) is 18.4 Å². The van der Waals surface area contributed by atoms with Crippen LogP contribution in [0.5, 0.6) is 0 Å². The molecule has 100 valence electrons. The lowest BCUT2D eigenvalue weighted by atomic mass is 9.68. The van der Waals surface area contributed by atoms with Crippen LogP contribution in [0, 0.1) is 5.41 Å². The minimum atomic E-state index is -1.53. The summed E-state index contributed by atoms with van der Waals surface area (Å²) in [5.41, 5.74) is 1.23. The SMILES string of the molecule is CC1(C)CC(=O)C2=C3CCCCC3OOC2(O)C1. The molecular formula is C14H20O4. The molecule has 0 aromatic rings. The van der Waals surface area contributed by atoms with E-state index in [9.17, 15) is 9.90 Å². The van der Waals surface area contributed by atoms with Crippen LogP contribution in [0.25, 0.3) is 0 Å². The van der Waals surface area contributed by atoms with E-state index in [-0.39, 0.29) is 17.3 Å². The van der Waals surface area contributed by atoms with Crippen molar-refractivity contribution < 1.29 is 19.7 Å². The van der Waals surface area contributed by atoms with Crippen LogP contribution in [0.15, 0.2) is 11.1 Å². The smallest absolute Gasteiger partial charge is 0.229 e. The van der Waals surface area contributed by atoms with E-state index >= 15 is 0 Å². The van der Waals surface area contributed by atoms with E-state index in [1.54, 1.807) is 0 Å². The highest BCUT2D eigenvalue weighted by Gasteiger charge is 2.53. The Kier molecular flexibility index (Phi) is 2.66. The maximum atomic E-state index is 12.4. The van der Waals surface area contributed by atoms with Gasteiger partial charge >= 0.3 is 0 Å². The molecule has 0 aromatic heterocycles. The van der Waals surface area contributed by atoms with Crippen molar-refractivity contribution in [3.8, 4) is 0 Å². The number of Topliss-reactive ketones (excluding diaryl/α,β-unsaturated/α-hetero) is 1. The van der Waals surface area contributed by atoms with Crippen LogP contribution >= 0.6 is 0 Å². The van der Waals surface area contributed by atoms with Gasteiger partial charge in [0.25, 0.3) is 0 Å². The van der Waals surface area contributed by atoms with Gasteiger partial charge in [-0.05, 0) is 30.3 Å².